The van der Waals surface area contributed by atoms with E-state index in [4.69, 9.17) is 0 Å². The van der Waals surface area contributed by atoms with Crippen LogP contribution in [0.4, 0.5) is 0 Å². The zero-order chi connectivity index (χ0) is 12.4. The third kappa shape index (κ3) is 3.24. The fourth-order valence-electron chi connectivity index (χ4n) is 2.34. The first-order chi connectivity index (χ1) is 8.08. The molecule has 2 nitrogen and oxygen atoms in total. The van der Waals surface area contributed by atoms with Crippen LogP contribution in [0.5, 0.6) is 5.75 Å². The van der Waals surface area contributed by atoms with Gasteiger partial charge in [-0.25, -0.2) is 0 Å². The van der Waals surface area contributed by atoms with Gasteiger partial charge in [0.1, 0.15) is 5.75 Å². The molecule has 1 aromatic rings. The van der Waals surface area contributed by atoms with E-state index in [2.05, 4.69) is 43.7 Å². The predicted molar refractivity (Wildman–Crippen MR) is 77.2 cm³/mol. The number of hydrogen-bond donors (Lipinski definition) is 1. The van der Waals surface area contributed by atoms with Gasteiger partial charge >= 0.3 is 0 Å². The molecule has 0 radical (unpaired) electrons. The van der Waals surface area contributed by atoms with Crippen molar-refractivity contribution in [1.29, 1.82) is 0 Å². The summed E-state index contributed by atoms with van der Waals surface area (Å²) in [5.74, 6) is 0.278. The van der Waals surface area contributed by atoms with Gasteiger partial charge in [-0.15, -0.1) is 0 Å². The molecule has 2 rings (SSSR count). The van der Waals surface area contributed by atoms with Crippen LogP contribution in [-0.4, -0.2) is 22.6 Å². The van der Waals surface area contributed by atoms with Crippen molar-refractivity contribution in [3.8, 4) is 5.75 Å². The second-order valence-corrected chi connectivity index (χ2v) is 6.43. The maximum atomic E-state index is 9.68. The Kier molecular flexibility index (Phi) is 4.50. The number of phenolic OH excluding ortho intramolecular Hbond substituents is 1. The van der Waals surface area contributed by atoms with E-state index < -0.39 is 0 Å². The minimum Gasteiger partial charge on any atom is -0.506 e. The third-order valence-corrected chi connectivity index (χ3v) is 4.61. The van der Waals surface area contributed by atoms with Crippen LogP contribution in [0.2, 0.25) is 0 Å². The Morgan fingerprint density at radius 2 is 1.94 bits per heavy atom. The lowest BCUT2D eigenvalue weighted by atomic mass is 10.0. The van der Waals surface area contributed by atoms with Gasteiger partial charge in [-0.1, -0.05) is 6.42 Å². The number of rotatable bonds is 2. The van der Waals surface area contributed by atoms with Gasteiger partial charge in [0.05, 0.1) is 8.95 Å². The molecular formula is C13H17Br2NO. The minimum atomic E-state index is 0.278. The lowest BCUT2D eigenvalue weighted by Crippen LogP contribution is -2.36. The van der Waals surface area contributed by atoms with Crippen LogP contribution in [0, 0.1) is 0 Å². The third-order valence-electron chi connectivity index (χ3n) is 3.40. The number of phenols is 1. The van der Waals surface area contributed by atoms with Crippen molar-refractivity contribution in [2.24, 2.45) is 0 Å². The lowest BCUT2D eigenvalue weighted by Gasteiger charge is -2.33. The smallest absolute Gasteiger partial charge is 0.143 e. The van der Waals surface area contributed by atoms with Crippen molar-refractivity contribution < 1.29 is 5.11 Å². The maximum absolute atomic E-state index is 9.68. The van der Waals surface area contributed by atoms with Crippen molar-refractivity contribution in [3.63, 3.8) is 0 Å². The van der Waals surface area contributed by atoms with Crippen LogP contribution in [0.25, 0.3) is 0 Å². The summed E-state index contributed by atoms with van der Waals surface area (Å²) in [4.78, 5) is 2.51. The SMILES string of the molecule is CC1CCCCN1Cc1cc(Br)c(O)c(Br)c1. The first-order valence-electron chi connectivity index (χ1n) is 5.99. The van der Waals surface area contributed by atoms with E-state index in [9.17, 15) is 5.11 Å². The van der Waals surface area contributed by atoms with Crippen LogP contribution < -0.4 is 0 Å². The Hall–Kier alpha value is -0.0600. The molecule has 1 unspecified atom stereocenters. The van der Waals surface area contributed by atoms with E-state index in [0.29, 0.717) is 6.04 Å². The molecule has 1 aliphatic rings. The number of aromatic hydroxyl groups is 1. The van der Waals surface area contributed by atoms with Crippen molar-refractivity contribution in [2.75, 3.05) is 6.54 Å². The topological polar surface area (TPSA) is 23.5 Å². The zero-order valence-corrected chi connectivity index (χ0v) is 13.1. The fraction of sp³-hybridized carbons (Fsp3) is 0.538. The monoisotopic (exact) mass is 361 g/mol. The Morgan fingerprint density at radius 1 is 1.29 bits per heavy atom. The summed E-state index contributed by atoms with van der Waals surface area (Å²) in [6, 6.07) is 4.66. The van der Waals surface area contributed by atoms with Crippen LogP contribution >= 0.6 is 31.9 Å². The molecular weight excluding hydrogens is 346 g/mol. The fourth-order valence-corrected chi connectivity index (χ4v) is 3.62. The van der Waals surface area contributed by atoms with E-state index in [0.717, 1.165) is 15.5 Å². The predicted octanol–water partition coefficient (Wildman–Crippen LogP) is 4.29. The molecule has 0 saturated carbocycles. The van der Waals surface area contributed by atoms with Crippen LogP contribution in [0.15, 0.2) is 21.1 Å². The van der Waals surface area contributed by atoms with E-state index in [1.165, 1.54) is 31.4 Å². The number of halogens is 2. The molecule has 94 valence electrons. The van der Waals surface area contributed by atoms with Gasteiger partial charge in [-0.05, 0) is 75.9 Å². The number of hydrogen-bond acceptors (Lipinski definition) is 2. The number of benzene rings is 1. The maximum Gasteiger partial charge on any atom is 0.143 e. The summed E-state index contributed by atoms with van der Waals surface area (Å²) >= 11 is 6.76. The molecule has 1 aliphatic heterocycles. The Labute approximate surface area is 119 Å². The summed E-state index contributed by atoms with van der Waals surface area (Å²) in [5.41, 5.74) is 1.23. The Balaban J connectivity index is 2.12. The van der Waals surface area contributed by atoms with Crippen LogP contribution in [-0.2, 0) is 6.54 Å². The average Bonchev–Trinajstić information content (AvgIpc) is 2.29. The average molecular weight is 363 g/mol. The van der Waals surface area contributed by atoms with Crippen molar-refractivity contribution in [1.82, 2.24) is 4.90 Å². The van der Waals surface area contributed by atoms with Crippen molar-refractivity contribution in [3.05, 3.63) is 26.6 Å². The summed E-state index contributed by atoms with van der Waals surface area (Å²) < 4.78 is 1.51. The summed E-state index contributed by atoms with van der Waals surface area (Å²) in [6.07, 6.45) is 3.94. The van der Waals surface area contributed by atoms with Crippen molar-refractivity contribution in [2.45, 2.75) is 38.8 Å². The second kappa shape index (κ2) is 5.72. The van der Waals surface area contributed by atoms with E-state index in [-0.39, 0.29) is 5.75 Å². The number of likely N-dealkylation sites (tertiary alicyclic amines) is 1. The first-order valence-corrected chi connectivity index (χ1v) is 7.57. The van der Waals surface area contributed by atoms with E-state index in [1.54, 1.807) is 0 Å². The number of piperidine rings is 1. The van der Waals surface area contributed by atoms with Gasteiger partial charge < -0.3 is 5.11 Å². The normalized spacial score (nSPS) is 21.7. The van der Waals surface area contributed by atoms with Gasteiger partial charge in [0.25, 0.3) is 0 Å². The zero-order valence-electron chi connectivity index (χ0n) is 9.92. The molecule has 1 N–H and O–H groups in total. The van der Waals surface area contributed by atoms with Crippen molar-refractivity contribution >= 4 is 31.9 Å². The van der Waals surface area contributed by atoms with Crippen LogP contribution in [0.1, 0.15) is 31.7 Å². The highest BCUT2D eigenvalue weighted by Crippen LogP contribution is 2.34. The van der Waals surface area contributed by atoms with E-state index >= 15 is 0 Å². The number of nitrogens with zero attached hydrogens (tertiary/aromatic N) is 1. The Morgan fingerprint density at radius 3 is 2.53 bits per heavy atom. The Bertz CT molecular complexity index is 385. The molecule has 17 heavy (non-hydrogen) atoms. The molecule has 1 saturated heterocycles. The quantitative estimate of drug-likeness (QED) is 0.848. The van der Waals surface area contributed by atoms with Gasteiger partial charge in [-0.2, -0.15) is 0 Å². The molecule has 0 aliphatic carbocycles. The lowest BCUT2D eigenvalue weighted by molar-refractivity contribution is 0.152. The molecule has 1 aromatic carbocycles. The minimum absolute atomic E-state index is 0.278. The highest BCUT2D eigenvalue weighted by molar-refractivity contribution is 9.11. The van der Waals surface area contributed by atoms with Gasteiger partial charge in [0, 0.05) is 12.6 Å². The molecule has 0 spiro atoms. The van der Waals surface area contributed by atoms with E-state index in [1.807, 2.05) is 12.1 Å². The second-order valence-electron chi connectivity index (χ2n) is 4.72. The summed E-state index contributed by atoms with van der Waals surface area (Å²) in [7, 11) is 0. The summed E-state index contributed by atoms with van der Waals surface area (Å²) in [5, 5.41) is 9.68. The van der Waals surface area contributed by atoms with Gasteiger partial charge in [-0.3, -0.25) is 4.90 Å². The van der Waals surface area contributed by atoms with Gasteiger partial charge in [0.15, 0.2) is 0 Å². The standard InChI is InChI=1S/C13H17Br2NO/c1-9-4-2-3-5-16(9)8-10-6-11(14)13(17)12(15)7-10/h6-7,9,17H,2-5,8H2,1H3. The molecule has 4 heteroatoms. The first kappa shape index (κ1) is 13.4. The largest absolute Gasteiger partial charge is 0.506 e. The van der Waals surface area contributed by atoms with Gasteiger partial charge in [0.2, 0.25) is 0 Å². The molecule has 1 fully saturated rings. The summed E-state index contributed by atoms with van der Waals surface area (Å²) in [6.45, 7) is 4.43. The molecule has 0 bridgehead atoms. The highest BCUT2D eigenvalue weighted by atomic mass is 79.9. The highest BCUT2D eigenvalue weighted by Gasteiger charge is 2.18. The molecule has 0 aromatic heterocycles. The van der Waals surface area contributed by atoms with Crippen LogP contribution in [0.3, 0.4) is 0 Å². The molecule has 1 heterocycles. The molecule has 1 atom stereocenters. The molecule has 0 amide bonds.